The van der Waals surface area contributed by atoms with Gasteiger partial charge in [-0.3, -0.25) is 4.79 Å². The fourth-order valence-electron chi connectivity index (χ4n) is 4.80. The smallest absolute Gasteiger partial charge is 0.222 e. The SMILES string of the molecule is O=C(CC1CCN(c2ncc(Cl)cc2Cl)CC1)N1CC2CCCC2C1. The number of piperidine rings is 1. The summed E-state index contributed by atoms with van der Waals surface area (Å²) in [7, 11) is 0. The number of carbonyl (C=O) groups is 1. The number of amides is 1. The Labute approximate surface area is 159 Å². The van der Waals surface area contributed by atoms with Gasteiger partial charge in [-0.2, -0.15) is 0 Å². The van der Waals surface area contributed by atoms with Crippen LogP contribution in [-0.4, -0.2) is 42.0 Å². The molecule has 1 saturated carbocycles. The molecule has 0 bridgehead atoms. The van der Waals surface area contributed by atoms with E-state index in [1.807, 2.05) is 0 Å². The average molecular weight is 382 g/mol. The van der Waals surface area contributed by atoms with Crippen LogP contribution in [-0.2, 0) is 4.79 Å². The molecule has 2 unspecified atom stereocenters. The van der Waals surface area contributed by atoms with Crippen molar-refractivity contribution in [2.75, 3.05) is 31.1 Å². The maximum Gasteiger partial charge on any atom is 0.222 e. The third-order valence-corrected chi connectivity index (χ3v) is 6.73. The van der Waals surface area contributed by atoms with E-state index in [4.69, 9.17) is 23.2 Å². The van der Waals surface area contributed by atoms with Gasteiger partial charge in [0, 0.05) is 38.8 Å². The van der Waals surface area contributed by atoms with Crippen LogP contribution in [0, 0.1) is 17.8 Å². The molecule has 1 aliphatic carbocycles. The second kappa shape index (κ2) is 7.32. The predicted octanol–water partition coefficient (Wildman–Crippen LogP) is 4.25. The van der Waals surface area contributed by atoms with Crippen LogP contribution < -0.4 is 4.90 Å². The van der Waals surface area contributed by atoms with Crippen molar-refractivity contribution >= 4 is 34.9 Å². The molecule has 1 aromatic rings. The Hall–Kier alpha value is -1.00. The molecule has 4 rings (SSSR count). The standard InChI is InChI=1S/C19H25Cl2N3O/c20-16-9-17(21)19(22-10-16)23-6-4-13(5-7-23)8-18(25)24-11-14-2-1-3-15(14)12-24/h9-10,13-15H,1-8,11-12H2. The highest BCUT2D eigenvalue weighted by molar-refractivity contribution is 6.36. The number of likely N-dealkylation sites (tertiary alicyclic amines) is 1. The highest BCUT2D eigenvalue weighted by Crippen LogP contribution is 2.38. The lowest BCUT2D eigenvalue weighted by Gasteiger charge is -2.33. The number of halogens is 2. The first-order valence-corrected chi connectivity index (χ1v) is 10.2. The van der Waals surface area contributed by atoms with Crippen molar-refractivity contribution < 1.29 is 4.79 Å². The molecule has 1 amide bonds. The molecule has 136 valence electrons. The van der Waals surface area contributed by atoms with Gasteiger partial charge in [0.1, 0.15) is 5.82 Å². The molecule has 3 heterocycles. The monoisotopic (exact) mass is 381 g/mol. The van der Waals surface area contributed by atoms with Gasteiger partial charge in [0.2, 0.25) is 5.91 Å². The van der Waals surface area contributed by atoms with E-state index in [0.717, 1.165) is 56.7 Å². The number of rotatable bonds is 3. The zero-order chi connectivity index (χ0) is 17.4. The zero-order valence-electron chi connectivity index (χ0n) is 14.5. The minimum atomic E-state index is 0.371. The fraction of sp³-hybridized carbons (Fsp3) is 0.684. The Morgan fingerprint density at radius 2 is 1.80 bits per heavy atom. The number of nitrogens with zero attached hydrogens (tertiary/aromatic N) is 3. The number of aromatic nitrogens is 1. The molecular formula is C19H25Cl2N3O. The quantitative estimate of drug-likeness (QED) is 0.784. The lowest BCUT2D eigenvalue weighted by atomic mass is 9.93. The maximum atomic E-state index is 12.7. The number of hydrogen-bond acceptors (Lipinski definition) is 3. The van der Waals surface area contributed by atoms with Crippen LogP contribution in [0.3, 0.4) is 0 Å². The van der Waals surface area contributed by atoms with Gasteiger partial charge in [0.05, 0.1) is 10.0 Å². The summed E-state index contributed by atoms with van der Waals surface area (Å²) in [6, 6.07) is 1.74. The lowest BCUT2D eigenvalue weighted by molar-refractivity contribution is -0.131. The molecule has 4 nitrogen and oxygen atoms in total. The Bertz CT molecular complexity index is 634. The van der Waals surface area contributed by atoms with E-state index in [0.29, 0.717) is 28.3 Å². The normalized spacial score (nSPS) is 27.0. The molecule has 3 fully saturated rings. The number of fused-ring (bicyclic) bond motifs is 1. The van der Waals surface area contributed by atoms with Crippen molar-refractivity contribution in [2.45, 2.75) is 38.5 Å². The molecule has 0 N–H and O–H groups in total. The summed E-state index contributed by atoms with van der Waals surface area (Å²) < 4.78 is 0. The van der Waals surface area contributed by atoms with Crippen molar-refractivity contribution in [3.05, 3.63) is 22.3 Å². The molecule has 0 spiro atoms. The fourth-order valence-corrected chi connectivity index (χ4v) is 5.30. The summed E-state index contributed by atoms with van der Waals surface area (Å²) in [5, 5.41) is 1.16. The van der Waals surface area contributed by atoms with E-state index in [-0.39, 0.29) is 0 Å². The lowest BCUT2D eigenvalue weighted by Crippen LogP contribution is -2.37. The Morgan fingerprint density at radius 3 is 2.44 bits per heavy atom. The summed E-state index contributed by atoms with van der Waals surface area (Å²) in [6.45, 7) is 3.81. The molecule has 2 atom stereocenters. The molecule has 6 heteroatoms. The van der Waals surface area contributed by atoms with E-state index >= 15 is 0 Å². The van der Waals surface area contributed by atoms with Crippen molar-refractivity contribution in [1.29, 1.82) is 0 Å². The molecule has 0 radical (unpaired) electrons. The first-order chi connectivity index (χ1) is 12.1. The van der Waals surface area contributed by atoms with E-state index < -0.39 is 0 Å². The van der Waals surface area contributed by atoms with E-state index in [2.05, 4.69) is 14.8 Å². The van der Waals surface area contributed by atoms with Crippen LogP contribution in [0.2, 0.25) is 10.0 Å². The molecule has 2 aliphatic heterocycles. The van der Waals surface area contributed by atoms with Gasteiger partial charge in [0.25, 0.3) is 0 Å². The van der Waals surface area contributed by atoms with Crippen LogP contribution in [0.25, 0.3) is 0 Å². The number of pyridine rings is 1. The second-order valence-corrected chi connectivity index (χ2v) is 8.69. The van der Waals surface area contributed by atoms with Gasteiger partial charge in [-0.25, -0.2) is 4.98 Å². The predicted molar refractivity (Wildman–Crippen MR) is 101 cm³/mol. The molecule has 2 saturated heterocycles. The molecule has 0 aromatic carbocycles. The summed E-state index contributed by atoms with van der Waals surface area (Å²) >= 11 is 12.2. The van der Waals surface area contributed by atoms with Crippen LogP contribution >= 0.6 is 23.2 Å². The van der Waals surface area contributed by atoms with Gasteiger partial charge in [-0.05, 0) is 49.5 Å². The van der Waals surface area contributed by atoms with Crippen molar-refractivity contribution in [2.24, 2.45) is 17.8 Å². The van der Waals surface area contributed by atoms with Crippen molar-refractivity contribution in [3.63, 3.8) is 0 Å². The van der Waals surface area contributed by atoms with Crippen LogP contribution in [0.15, 0.2) is 12.3 Å². The van der Waals surface area contributed by atoms with E-state index in [1.165, 1.54) is 19.3 Å². The van der Waals surface area contributed by atoms with E-state index in [9.17, 15) is 4.79 Å². The third-order valence-electron chi connectivity index (χ3n) is 6.24. The second-order valence-electron chi connectivity index (χ2n) is 7.84. The zero-order valence-corrected chi connectivity index (χ0v) is 16.0. The van der Waals surface area contributed by atoms with Gasteiger partial charge < -0.3 is 9.80 Å². The summed E-state index contributed by atoms with van der Waals surface area (Å²) in [5.41, 5.74) is 0. The highest BCUT2D eigenvalue weighted by atomic mass is 35.5. The Morgan fingerprint density at radius 1 is 1.12 bits per heavy atom. The maximum absolute atomic E-state index is 12.7. The first-order valence-electron chi connectivity index (χ1n) is 9.44. The van der Waals surface area contributed by atoms with Crippen LogP contribution in [0.5, 0.6) is 0 Å². The van der Waals surface area contributed by atoms with Gasteiger partial charge in [-0.1, -0.05) is 29.6 Å². The summed E-state index contributed by atoms with van der Waals surface area (Å²) in [5.74, 6) is 3.22. The molecule has 1 aromatic heterocycles. The van der Waals surface area contributed by atoms with Gasteiger partial charge in [0.15, 0.2) is 0 Å². The number of hydrogen-bond donors (Lipinski definition) is 0. The van der Waals surface area contributed by atoms with Crippen molar-refractivity contribution in [3.8, 4) is 0 Å². The third kappa shape index (κ3) is 3.75. The van der Waals surface area contributed by atoms with Crippen LogP contribution in [0.4, 0.5) is 5.82 Å². The topological polar surface area (TPSA) is 36.4 Å². The number of anilines is 1. The highest BCUT2D eigenvalue weighted by Gasteiger charge is 2.38. The first kappa shape index (κ1) is 17.4. The Kier molecular flexibility index (Phi) is 5.10. The molecular weight excluding hydrogens is 357 g/mol. The van der Waals surface area contributed by atoms with Crippen LogP contribution in [0.1, 0.15) is 38.5 Å². The van der Waals surface area contributed by atoms with Gasteiger partial charge >= 0.3 is 0 Å². The summed E-state index contributed by atoms with van der Waals surface area (Å²) in [6.07, 6.45) is 8.39. The minimum Gasteiger partial charge on any atom is -0.355 e. The molecule has 25 heavy (non-hydrogen) atoms. The average Bonchev–Trinajstić information content (AvgIpc) is 3.17. The minimum absolute atomic E-state index is 0.371. The van der Waals surface area contributed by atoms with Crippen molar-refractivity contribution in [1.82, 2.24) is 9.88 Å². The number of carbonyl (C=O) groups excluding carboxylic acids is 1. The summed E-state index contributed by atoms with van der Waals surface area (Å²) in [4.78, 5) is 21.4. The Balaban J connectivity index is 1.28. The largest absolute Gasteiger partial charge is 0.355 e. The van der Waals surface area contributed by atoms with E-state index in [1.54, 1.807) is 12.3 Å². The van der Waals surface area contributed by atoms with Gasteiger partial charge in [-0.15, -0.1) is 0 Å². The molecule has 3 aliphatic rings.